The molecule has 1 aliphatic rings. The van der Waals surface area contributed by atoms with Crippen molar-refractivity contribution in [2.75, 3.05) is 11.9 Å². The number of nitrogens with one attached hydrogen (secondary N) is 2. The van der Waals surface area contributed by atoms with E-state index in [1.54, 1.807) is 25.3 Å². The Balaban J connectivity index is 1.95. The molecule has 0 saturated carbocycles. The summed E-state index contributed by atoms with van der Waals surface area (Å²) in [6.45, 7) is 4.33. The minimum atomic E-state index is -1.16. The van der Waals surface area contributed by atoms with Gasteiger partial charge in [-0.05, 0) is 31.2 Å². The van der Waals surface area contributed by atoms with Gasteiger partial charge >= 0.3 is 12.0 Å². The van der Waals surface area contributed by atoms with Crippen LogP contribution in [0.15, 0.2) is 11.4 Å². The van der Waals surface area contributed by atoms with E-state index in [2.05, 4.69) is 10.6 Å². The summed E-state index contributed by atoms with van der Waals surface area (Å²) >= 11 is 1.17. The lowest BCUT2D eigenvalue weighted by Gasteiger charge is -2.23. The minimum absolute atomic E-state index is 0.307. The largest absolute Gasteiger partial charge is 0.451 e. The summed E-state index contributed by atoms with van der Waals surface area (Å²) in [6.07, 6.45) is -0.352. The molecule has 1 saturated heterocycles. The fourth-order valence-electron chi connectivity index (χ4n) is 2.67. The molecule has 0 aliphatic carbocycles. The minimum Gasteiger partial charge on any atom is -0.451 e. The van der Waals surface area contributed by atoms with Crippen LogP contribution in [0.5, 0.6) is 0 Å². The molecule has 1 aliphatic heterocycles. The summed E-state index contributed by atoms with van der Waals surface area (Å²) in [5, 5.41) is 16.1. The molecule has 0 radical (unpaired) electrons. The molecule has 0 unspecified atom stereocenters. The lowest BCUT2D eigenvalue weighted by Crippen LogP contribution is -2.46. The predicted molar refractivity (Wildman–Crippen MR) is 96.8 cm³/mol. The van der Waals surface area contributed by atoms with Crippen LogP contribution in [-0.2, 0) is 19.1 Å². The van der Waals surface area contributed by atoms with Gasteiger partial charge in [-0.15, -0.1) is 11.3 Å². The fourth-order valence-corrected chi connectivity index (χ4v) is 3.41. The Morgan fingerprint density at radius 1 is 1.41 bits per heavy atom. The number of hydrogen-bond donors (Lipinski definition) is 2. The summed E-state index contributed by atoms with van der Waals surface area (Å²) in [5.74, 6) is -1.98. The first-order valence-electron chi connectivity index (χ1n) is 8.40. The number of thiophene rings is 1. The van der Waals surface area contributed by atoms with Crippen LogP contribution in [0.4, 0.5) is 9.80 Å². The van der Waals surface area contributed by atoms with Crippen molar-refractivity contribution in [2.45, 2.75) is 45.3 Å². The molecule has 2 heterocycles. The van der Waals surface area contributed by atoms with E-state index < -0.39 is 42.0 Å². The number of nitriles is 1. The van der Waals surface area contributed by atoms with Crippen molar-refractivity contribution in [3.05, 3.63) is 17.0 Å². The monoisotopic (exact) mass is 392 g/mol. The number of rotatable bonds is 7. The molecule has 4 amide bonds. The second-order valence-electron chi connectivity index (χ2n) is 6.01. The van der Waals surface area contributed by atoms with Crippen LogP contribution in [0, 0.1) is 11.3 Å². The zero-order valence-corrected chi connectivity index (χ0v) is 16.0. The number of urea groups is 1. The second-order valence-corrected chi connectivity index (χ2v) is 6.92. The molecule has 27 heavy (non-hydrogen) atoms. The van der Waals surface area contributed by atoms with Gasteiger partial charge < -0.3 is 15.4 Å². The second kappa shape index (κ2) is 8.18. The van der Waals surface area contributed by atoms with Crippen LogP contribution < -0.4 is 10.6 Å². The van der Waals surface area contributed by atoms with Gasteiger partial charge in [-0.1, -0.05) is 13.8 Å². The molecule has 10 heteroatoms. The van der Waals surface area contributed by atoms with Gasteiger partial charge in [0, 0.05) is 0 Å². The van der Waals surface area contributed by atoms with Gasteiger partial charge in [0.2, 0.25) is 0 Å². The first-order chi connectivity index (χ1) is 12.8. The summed E-state index contributed by atoms with van der Waals surface area (Å²) in [4.78, 5) is 49.5. The average Bonchev–Trinajstić information content (AvgIpc) is 3.18. The maximum atomic E-state index is 12.5. The van der Waals surface area contributed by atoms with Gasteiger partial charge in [-0.2, -0.15) is 5.26 Å². The number of ether oxygens (including phenoxy) is 1. The lowest BCUT2D eigenvalue weighted by atomic mass is 9.93. The molecule has 1 atom stereocenters. The SMILES string of the molecule is CCC1(CC)NC(=O)N(CC(=O)O[C@H](C)C(=O)Nc2sccc2C#N)C1=O. The molecule has 0 aromatic carbocycles. The van der Waals surface area contributed by atoms with Crippen molar-refractivity contribution in [1.82, 2.24) is 10.2 Å². The van der Waals surface area contributed by atoms with Crippen LogP contribution in [-0.4, -0.2) is 46.9 Å². The van der Waals surface area contributed by atoms with E-state index in [0.717, 1.165) is 4.90 Å². The topological polar surface area (TPSA) is 129 Å². The molecule has 2 rings (SSSR count). The molecule has 0 spiro atoms. The predicted octanol–water partition coefficient (Wildman–Crippen LogP) is 1.60. The van der Waals surface area contributed by atoms with Gasteiger partial charge in [-0.25, -0.2) is 4.79 Å². The number of nitrogens with zero attached hydrogens (tertiary/aromatic N) is 2. The fraction of sp³-hybridized carbons (Fsp3) is 0.471. The normalized spacial score (nSPS) is 16.4. The van der Waals surface area contributed by atoms with Gasteiger partial charge in [0.05, 0.1) is 5.56 Å². The van der Waals surface area contributed by atoms with Crippen molar-refractivity contribution < 1.29 is 23.9 Å². The highest BCUT2D eigenvalue weighted by Gasteiger charge is 2.49. The molecule has 1 aromatic rings. The van der Waals surface area contributed by atoms with Crippen LogP contribution in [0.2, 0.25) is 0 Å². The lowest BCUT2D eigenvalue weighted by molar-refractivity contribution is -0.155. The van der Waals surface area contributed by atoms with Crippen molar-refractivity contribution in [3.8, 4) is 6.07 Å². The zero-order valence-electron chi connectivity index (χ0n) is 15.2. The van der Waals surface area contributed by atoms with Crippen molar-refractivity contribution in [2.24, 2.45) is 0 Å². The quantitative estimate of drug-likeness (QED) is 0.536. The van der Waals surface area contributed by atoms with Crippen molar-refractivity contribution in [1.29, 1.82) is 5.26 Å². The number of imide groups is 1. The third-order valence-corrected chi connectivity index (χ3v) is 5.27. The van der Waals surface area contributed by atoms with Crippen LogP contribution in [0.25, 0.3) is 0 Å². The highest BCUT2D eigenvalue weighted by atomic mass is 32.1. The number of amides is 4. The third-order valence-electron chi connectivity index (χ3n) is 4.44. The molecule has 1 aromatic heterocycles. The van der Waals surface area contributed by atoms with Gasteiger partial charge in [0.25, 0.3) is 11.8 Å². The standard InChI is InChI=1S/C17H20N4O5S/c1-4-17(5-2)15(24)21(16(25)20-17)9-12(22)26-10(3)13(23)19-14-11(8-18)6-7-27-14/h6-7,10H,4-5,9H2,1-3H3,(H,19,23)(H,20,25)/t10-/m1/s1. The first kappa shape index (κ1) is 20.4. The van der Waals surface area contributed by atoms with E-state index in [9.17, 15) is 19.2 Å². The Bertz CT molecular complexity index is 808. The smallest absolute Gasteiger partial charge is 0.327 e. The number of hydrogen-bond acceptors (Lipinski definition) is 7. The van der Waals surface area contributed by atoms with Gasteiger partial charge in [0.15, 0.2) is 6.10 Å². The summed E-state index contributed by atoms with van der Waals surface area (Å²) in [7, 11) is 0. The van der Waals surface area contributed by atoms with E-state index in [1.807, 2.05) is 6.07 Å². The molecule has 9 nitrogen and oxygen atoms in total. The molecule has 1 fully saturated rings. The van der Waals surface area contributed by atoms with E-state index in [0.29, 0.717) is 23.4 Å². The molecule has 0 bridgehead atoms. The Hall–Kier alpha value is -2.93. The van der Waals surface area contributed by atoms with Crippen molar-refractivity contribution >= 4 is 40.2 Å². The van der Waals surface area contributed by atoms with E-state index in [1.165, 1.54) is 18.3 Å². The maximum Gasteiger partial charge on any atom is 0.327 e. The Morgan fingerprint density at radius 3 is 2.63 bits per heavy atom. The average molecular weight is 392 g/mol. The van der Waals surface area contributed by atoms with Gasteiger partial charge in [-0.3, -0.25) is 19.3 Å². The highest BCUT2D eigenvalue weighted by molar-refractivity contribution is 7.14. The molecule has 144 valence electrons. The van der Waals surface area contributed by atoms with Crippen LogP contribution >= 0.6 is 11.3 Å². The highest BCUT2D eigenvalue weighted by Crippen LogP contribution is 2.25. The summed E-state index contributed by atoms with van der Waals surface area (Å²) in [5.41, 5.74) is -0.700. The Kier molecular flexibility index (Phi) is 6.17. The maximum absolute atomic E-state index is 12.5. The summed E-state index contributed by atoms with van der Waals surface area (Å²) < 4.78 is 5.03. The first-order valence-corrected chi connectivity index (χ1v) is 9.28. The van der Waals surface area contributed by atoms with Gasteiger partial charge in [0.1, 0.15) is 23.2 Å². The molecular weight excluding hydrogens is 372 g/mol. The molecule has 2 N–H and O–H groups in total. The Morgan fingerprint density at radius 2 is 2.07 bits per heavy atom. The zero-order chi connectivity index (χ0) is 20.2. The van der Waals surface area contributed by atoms with Crippen LogP contribution in [0.1, 0.15) is 39.2 Å². The molecular formula is C17H20N4O5S. The number of esters is 1. The number of anilines is 1. The number of carbonyl (C=O) groups is 4. The third kappa shape index (κ3) is 4.09. The van der Waals surface area contributed by atoms with E-state index in [4.69, 9.17) is 10.00 Å². The Labute approximate surface area is 160 Å². The van der Waals surface area contributed by atoms with Crippen molar-refractivity contribution in [3.63, 3.8) is 0 Å². The van der Waals surface area contributed by atoms with Crippen LogP contribution in [0.3, 0.4) is 0 Å². The summed E-state index contributed by atoms with van der Waals surface area (Å²) in [6, 6.07) is 2.84. The van der Waals surface area contributed by atoms with E-state index in [-0.39, 0.29) is 0 Å². The van der Waals surface area contributed by atoms with E-state index >= 15 is 0 Å². The number of carbonyl (C=O) groups excluding carboxylic acids is 4.